The number of nitrogens with one attached hydrogen (secondary N) is 1. The van der Waals surface area contributed by atoms with Gasteiger partial charge >= 0.3 is 0 Å². The van der Waals surface area contributed by atoms with Gasteiger partial charge in [-0.3, -0.25) is 4.79 Å². The molecule has 0 bridgehead atoms. The molecule has 94 valence electrons. The second kappa shape index (κ2) is 6.69. The first-order chi connectivity index (χ1) is 8.10. The zero-order valence-corrected chi connectivity index (χ0v) is 11.1. The molecule has 0 radical (unpaired) electrons. The molecule has 0 spiro atoms. The third kappa shape index (κ3) is 3.77. The van der Waals surface area contributed by atoms with Crippen molar-refractivity contribution in [1.82, 2.24) is 5.32 Å². The monoisotopic (exact) mass is 277 g/mol. The minimum Gasteiger partial charge on any atom is -0.495 e. The van der Waals surface area contributed by atoms with Gasteiger partial charge in [0.25, 0.3) is 5.91 Å². The van der Waals surface area contributed by atoms with Crippen LogP contribution in [0.15, 0.2) is 12.1 Å². The van der Waals surface area contributed by atoms with Crippen molar-refractivity contribution in [2.75, 3.05) is 27.4 Å². The first-order valence-electron chi connectivity index (χ1n) is 4.90. The molecule has 1 N–H and O–H groups in total. The molecule has 1 rings (SSSR count). The highest BCUT2D eigenvalue weighted by atomic mass is 35.5. The van der Waals surface area contributed by atoms with Gasteiger partial charge in [0.1, 0.15) is 5.75 Å². The normalized spacial score (nSPS) is 10.1. The minimum absolute atomic E-state index is 0.293. The van der Waals surface area contributed by atoms with Crippen LogP contribution in [-0.2, 0) is 4.74 Å². The second-order valence-corrected chi connectivity index (χ2v) is 4.03. The summed E-state index contributed by atoms with van der Waals surface area (Å²) >= 11 is 11.9. The SMILES string of the molecule is COCCNC(=O)c1cc(Cl)c(OC)cc1Cl. The zero-order chi connectivity index (χ0) is 12.8. The maximum atomic E-state index is 11.7. The van der Waals surface area contributed by atoms with Gasteiger partial charge in [-0.25, -0.2) is 0 Å². The Hall–Kier alpha value is -0.970. The van der Waals surface area contributed by atoms with Gasteiger partial charge in [-0.1, -0.05) is 23.2 Å². The highest BCUT2D eigenvalue weighted by molar-refractivity contribution is 6.36. The lowest BCUT2D eigenvalue weighted by Gasteiger charge is -2.09. The lowest BCUT2D eigenvalue weighted by molar-refractivity contribution is 0.0937. The highest BCUT2D eigenvalue weighted by Gasteiger charge is 2.13. The Morgan fingerprint density at radius 1 is 1.29 bits per heavy atom. The van der Waals surface area contributed by atoms with Crippen LogP contribution in [0.5, 0.6) is 5.75 Å². The molecule has 0 aromatic heterocycles. The Bertz CT molecular complexity index is 410. The van der Waals surface area contributed by atoms with Crippen molar-refractivity contribution in [3.8, 4) is 5.75 Å². The Labute approximate surface area is 110 Å². The largest absolute Gasteiger partial charge is 0.495 e. The molecule has 0 aliphatic rings. The molecule has 17 heavy (non-hydrogen) atoms. The molecule has 0 heterocycles. The van der Waals surface area contributed by atoms with Crippen LogP contribution in [-0.4, -0.2) is 33.3 Å². The third-order valence-corrected chi connectivity index (χ3v) is 2.69. The van der Waals surface area contributed by atoms with E-state index < -0.39 is 0 Å². The van der Waals surface area contributed by atoms with E-state index in [0.29, 0.717) is 34.5 Å². The topological polar surface area (TPSA) is 47.6 Å². The molecule has 1 aromatic rings. The fourth-order valence-corrected chi connectivity index (χ4v) is 1.70. The average Bonchev–Trinajstić information content (AvgIpc) is 2.31. The van der Waals surface area contributed by atoms with E-state index in [1.165, 1.54) is 19.2 Å². The fraction of sp³-hybridized carbons (Fsp3) is 0.364. The van der Waals surface area contributed by atoms with Crippen LogP contribution in [0.4, 0.5) is 0 Å². The molecule has 6 heteroatoms. The van der Waals surface area contributed by atoms with Crippen LogP contribution < -0.4 is 10.1 Å². The van der Waals surface area contributed by atoms with E-state index in [2.05, 4.69) is 5.32 Å². The fourth-order valence-electron chi connectivity index (χ4n) is 1.22. The molecule has 1 aromatic carbocycles. The summed E-state index contributed by atoms with van der Waals surface area (Å²) in [5, 5.41) is 3.29. The van der Waals surface area contributed by atoms with Crippen LogP contribution in [0.3, 0.4) is 0 Å². The van der Waals surface area contributed by atoms with E-state index in [1.807, 2.05) is 0 Å². The van der Waals surface area contributed by atoms with Crippen LogP contribution in [0.25, 0.3) is 0 Å². The molecular weight excluding hydrogens is 265 g/mol. The van der Waals surface area contributed by atoms with Crippen molar-refractivity contribution in [2.24, 2.45) is 0 Å². The average molecular weight is 278 g/mol. The predicted octanol–water partition coefficient (Wildman–Crippen LogP) is 2.38. The molecular formula is C11H13Cl2NO3. The van der Waals surface area contributed by atoms with Crippen molar-refractivity contribution < 1.29 is 14.3 Å². The molecule has 1 amide bonds. The Kier molecular flexibility index (Phi) is 5.55. The van der Waals surface area contributed by atoms with E-state index in [1.54, 1.807) is 7.11 Å². The van der Waals surface area contributed by atoms with Crippen molar-refractivity contribution in [3.05, 3.63) is 27.7 Å². The molecule has 0 saturated heterocycles. The second-order valence-electron chi connectivity index (χ2n) is 3.22. The van der Waals surface area contributed by atoms with Crippen LogP contribution in [0.2, 0.25) is 10.0 Å². The summed E-state index contributed by atoms with van der Waals surface area (Å²) < 4.78 is 9.82. The Balaban J connectivity index is 2.83. The molecule has 0 saturated carbocycles. The lowest BCUT2D eigenvalue weighted by Crippen LogP contribution is -2.27. The van der Waals surface area contributed by atoms with E-state index in [4.69, 9.17) is 32.7 Å². The summed E-state index contributed by atoms with van der Waals surface area (Å²) in [6, 6.07) is 2.99. The Morgan fingerprint density at radius 2 is 2.00 bits per heavy atom. The molecule has 0 fully saturated rings. The maximum Gasteiger partial charge on any atom is 0.252 e. The van der Waals surface area contributed by atoms with E-state index in [9.17, 15) is 4.79 Å². The number of carbonyl (C=O) groups is 1. The van der Waals surface area contributed by atoms with Crippen LogP contribution in [0, 0.1) is 0 Å². The van der Waals surface area contributed by atoms with Gasteiger partial charge in [0, 0.05) is 19.7 Å². The summed E-state index contributed by atoms with van der Waals surface area (Å²) in [6.45, 7) is 0.850. The van der Waals surface area contributed by atoms with Gasteiger partial charge in [-0.2, -0.15) is 0 Å². The maximum absolute atomic E-state index is 11.7. The molecule has 0 aliphatic heterocycles. The first-order valence-corrected chi connectivity index (χ1v) is 5.66. The van der Waals surface area contributed by atoms with Crippen molar-refractivity contribution in [2.45, 2.75) is 0 Å². The number of halogens is 2. The summed E-state index contributed by atoms with van der Waals surface area (Å²) in [4.78, 5) is 11.7. The van der Waals surface area contributed by atoms with Gasteiger partial charge in [0.05, 0.1) is 29.3 Å². The van der Waals surface area contributed by atoms with E-state index in [-0.39, 0.29) is 5.91 Å². The van der Waals surface area contributed by atoms with Gasteiger partial charge in [0.15, 0.2) is 0 Å². The first kappa shape index (κ1) is 14.1. The van der Waals surface area contributed by atoms with Crippen molar-refractivity contribution in [1.29, 1.82) is 0 Å². The number of hydrogen-bond acceptors (Lipinski definition) is 3. The standard InChI is InChI=1S/C11H13Cl2NO3/c1-16-4-3-14-11(15)7-5-9(13)10(17-2)6-8(7)12/h5-6H,3-4H2,1-2H3,(H,14,15). The van der Waals surface area contributed by atoms with E-state index >= 15 is 0 Å². The predicted molar refractivity (Wildman–Crippen MR) is 67.2 cm³/mol. The number of methoxy groups -OCH3 is 2. The van der Waals surface area contributed by atoms with Crippen LogP contribution in [0.1, 0.15) is 10.4 Å². The number of rotatable bonds is 5. The minimum atomic E-state index is -0.295. The van der Waals surface area contributed by atoms with Gasteiger partial charge in [-0.15, -0.1) is 0 Å². The summed E-state index contributed by atoms with van der Waals surface area (Å²) in [5.74, 6) is 0.140. The molecule has 0 atom stereocenters. The lowest BCUT2D eigenvalue weighted by atomic mass is 10.2. The number of ether oxygens (including phenoxy) is 2. The summed E-state index contributed by atoms with van der Waals surface area (Å²) in [7, 11) is 3.04. The number of amides is 1. The number of carbonyl (C=O) groups excluding carboxylic acids is 1. The third-order valence-electron chi connectivity index (χ3n) is 2.08. The van der Waals surface area contributed by atoms with Crippen molar-refractivity contribution in [3.63, 3.8) is 0 Å². The molecule has 0 unspecified atom stereocenters. The van der Waals surface area contributed by atoms with Gasteiger partial charge < -0.3 is 14.8 Å². The van der Waals surface area contributed by atoms with Gasteiger partial charge in [0.2, 0.25) is 0 Å². The Morgan fingerprint density at radius 3 is 2.59 bits per heavy atom. The summed E-state index contributed by atoms with van der Waals surface area (Å²) in [5.41, 5.74) is 0.313. The van der Waals surface area contributed by atoms with Gasteiger partial charge in [-0.05, 0) is 6.07 Å². The number of hydrogen-bond donors (Lipinski definition) is 1. The van der Waals surface area contributed by atoms with E-state index in [0.717, 1.165) is 0 Å². The highest BCUT2D eigenvalue weighted by Crippen LogP contribution is 2.30. The smallest absolute Gasteiger partial charge is 0.252 e. The molecule has 4 nitrogen and oxygen atoms in total. The molecule has 0 aliphatic carbocycles. The van der Waals surface area contributed by atoms with Crippen molar-refractivity contribution >= 4 is 29.1 Å². The number of benzene rings is 1. The van der Waals surface area contributed by atoms with Crippen LogP contribution >= 0.6 is 23.2 Å². The summed E-state index contributed by atoms with van der Waals surface area (Å²) in [6.07, 6.45) is 0. The zero-order valence-electron chi connectivity index (χ0n) is 9.55. The quantitative estimate of drug-likeness (QED) is 0.841.